The first-order valence-corrected chi connectivity index (χ1v) is 6.86. The number of urea groups is 1. The van der Waals surface area contributed by atoms with Crippen molar-refractivity contribution in [2.24, 2.45) is 0 Å². The molecule has 2 N–H and O–H groups in total. The molecule has 7 heteroatoms. The number of rotatable bonds is 5. The molecule has 0 spiro atoms. The predicted octanol–water partition coefficient (Wildman–Crippen LogP) is -0.102. The van der Waals surface area contributed by atoms with Crippen LogP contribution in [0.25, 0.3) is 0 Å². The topological polar surface area (TPSA) is 84.3 Å². The largest absolute Gasteiger partial charge is 0.480 e. The second kappa shape index (κ2) is 6.90. The van der Waals surface area contributed by atoms with Gasteiger partial charge in [0.2, 0.25) is 0 Å². The minimum absolute atomic E-state index is 0.0822. The lowest BCUT2D eigenvalue weighted by Crippen LogP contribution is -2.52. The standard InChI is InChI=1S/C13H25N3O4/c1-5-11(12(18)19)15(4)13(20)16-8-10(17)6-9(16)7-14(2)3/h9-11,17H,5-8H2,1-4H3,(H,18,19). The first-order valence-electron chi connectivity index (χ1n) is 6.86. The lowest BCUT2D eigenvalue weighted by atomic mass is 10.2. The number of carbonyl (C=O) groups is 2. The van der Waals surface area contributed by atoms with Crippen LogP contribution in [0.4, 0.5) is 4.79 Å². The van der Waals surface area contributed by atoms with Crippen molar-refractivity contribution in [3.05, 3.63) is 0 Å². The van der Waals surface area contributed by atoms with Crippen LogP contribution >= 0.6 is 0 Å². The summed E-state index contributed by atoms with van der Waals surface area (Å²) in [6, 6.07) is -1.25. The SMILES string of the molecule is CCC(C(=O)O)N(C)C(=O)N1CC(O)CC1CN(C)C. The zero-order valence-corrected chi connectivity index (χ0v) is 12.6. The van der Waals surface area contributed by atoms with E-state index in [1.165, 1.54) is 11.9 Å². The monoisotopic (exact) mass is 287 g/mol. The van der Waals surface area contributed by atoms with E-state index in [1.807, 2.05) is 19.0 Å². The summed E-state index contributed by atoms with van der Waals surface area (Å²) in [4.78, 5) is 28.4. The lowest BCUT2D eigenvalue weighted by Gasteiger charge is -2.33. The lowest BCUT2D eigenvalue weighted by molar-refractivity contribution is -0.142. The van der Waals surface area contributed by atoms with Crippen molar-refractivity contribution >= 4 is 12.0 Å². The Bertz CT molecular complexity index is 362. The molecule has 0 aromatic rings. The van der Waals surface area contributed by atoms with Crippen molar-refractivity contribution in [1.29, 1.82) is 0 Å². The van der Waals surface area contributed by atoms with Crippen LogP contribution in [0.5, 0.6) is 0 Å². The van der Waals surface area contributed by atoms with Crippen LogP contribution in [0, 0.1) is 0 Å². The van der Waals surface area contributed by atoms with Crippen LogP contribution in [0.3, 0.4) is 0 Å². The van der Waals surface area contributed by atoms with E-state index < -0.39 is 18.1 Å². The molecule has 3 unspecified atom stereocenters. The fourth-order valence-electron chi connectivity index (χ4n) is 2.67. The average Bonchev–Trinajstić information content (AvgIpc) is 2.68. The molecule has 2 amide bonds. The van der Waals surface area contributed by atoms with E-state index in [4.69, 9.17) is 5.11 Å². The van der Waals surface area contributed by atoms with Gasteiger partial charge in [0, 0.05) is 26.2 Å². The van der Waals surface area contributed by atoms with Crippen molar-refractivity contribution in [1.82, 2.24) is 14.7 Å². The molecule has 0 aromatic heterocycles. The molecule has 1 fully saturated rings. The second-order valence-corrected chi connectivity index (χ2v) is 5.61. The Hall–Kier alpha value is -1.34. The molecule has 116 valence electrons. The van der Waals surface area contributed by atoms with Gasteiger partial charge in [-0.15, -0.1) is 0 Å². The molecule has 1 rings (SSSR count). The highest BCUT2D eigenvalue weighted by Gasteiger charge is 2.38. The van der Waals surface area contributed by atoms with E-state index in [0.717, 1.165) is 0 Å². The number of carbonyl (C=O) groups excluding carboxylic acids is 1. The molecular formula is C13H25N3O4. The predicted molar refractivity (Wildman–Crippen MR) is 74.5 cm³/mol. The number of likely N-dealkylation sites (tertiary alicyclic amines) is 1. The number of aliphatic carboxylic acids is 1. The highest BCUT2D eigenvalue weighted by atomic mass is 16.4. The van der Waals surface area contributed by atoms with Crippen LogP contribution in [0.15, 0.2) is 0 Å². The van der Waals surface area contributed by atoms with Crippen molar-refractivity contribution in [3.63, 3.8) is 0 Å². The first-order chi connectivity index (χ1) is 9.27. The molecule has 0 radical (unpaired) electrons. The molecule has 0 bridgehead atoms. The number of carboxylic acid groups (broad SMARTS) is 1. The van der Waals surface area contributed by atoms with E-state index in [-0.39, 0.29) is 18.6 Å². The van der Waals surface area contributed by atoms with Crippen LogP contribution in [-0.2, 0) is 4.79 Å². The average molecular weight is 287 g/mol. The van der Waals surface area contributed by atoms with Gasteiger partial charge in [0.1, 0.15) is 6.04 Å². The number of aliphatic hydroxyl groups is 1. The van der Waals surface area contributed by atoms with Crippen LogP contribution in [-0.4, -0.2) is 89.3 Å². The van der Waals surface area contributed by atoms with Crippen molar-refractivity contribution in [3.8, 4) is 0 Å². The Balaban J connectivity index is 2.80. The fourth-order valence-corrected chi connectivity index (χ4v) is 2.67. The zero-order chi connectivity index (χ0) is 15.4. The Morgan fingerprint density at radius 2 is 1.95 bits per heavy atom. The van der Waals surface area contributed by atoms with Gasteiger partial charge in [0.05, 0.1) is 6.10 Å². The van der Waals surface area contributed by atoms with E-state index in [0.29, 0.717) is 19.4 Å². The Labute approximate surface area is 119 Å². The summed E-state index contributed by atoms with van der Waals surface area (Å²) in [5.41, 5.74) is 0. The van der Waals surface area contributed by atoms with Crippen molar-refractivity contribution in [2.45, 2.75) is 38.0 Å². The zero-order valence-electron chi connectivity index (χ0n) is 12.6. The molecule has 1 saturated heterocycles. The minimum atomic E-state index is -1.01. The summed E-state index contributed by atoms with van der Waals surface area (Å²) in [6.45, 7) is 2.65. The van der Waals surface area contributed by atoms with Crippen LogP contribution in [0.1, 0.15) is 19.8 Å². The normalized spacial score (nSPS) is 24.0. The second-order valence-electron chi connectivity index (χ2n) is 5.61. The maximum atomic E-state index is 12.4. The molecule has 1 aliphatic heterocycles. The summed E-state index contributed by atoms with van der Waals surface area (Å²) in [7, 11) is 5.31. The molecule has 1 aliphatic rings. The number of hydrogen-bond acceptors (Lipinski definition) is 4. The van der Waals surface area contributed by atoms with Crippen molar-refractivity contribution in [2.75, 3.05) is 34.2 Å². The van der Waals surface area contributed by atoms with Gasteiger partial charge in [0.15, 0.2) is 0 Å². The minimum Gasteiger partial charge on any atom is -0.480 e. The fraction of sp³-hybridized carbons (Fsp3) is 0.846. The first kappa shape index (κ1) is 16.7. The Morgan fingerprint density at radius 3 is 2.40 bits per heavy atom. The molecule has 7 nitrogen and oxygen atoms in total. The van der Waals surface area contributed by atoms with Gasteiger partial charge in [-0.2, -0.15) is 0 Å². The molecule has 3 atom stereocenters. The third-order valence-corrected chi connectivity index (χ3v) is 3.65. The number of amides is 2. The smallest absolute Gasteiger partial charge is 0.326 e. The highest BCUT2D eigenvalue weighted by molar-refractivity contribution is 5.82. The third kappa shape index (κ3) is 3.83. The molecule has 0 aliphatic carbocycles. The molecule has 1 heterocycles. The maximum Gasteiger partial charge on any atom is 0.326 e. The van der Waals surface area contributed by atoms with Crippen LogP contribution in [0.2, 0.25) is 0 Å². The van der Waals surface area contributed by atoms with E-state index in [2.05, 4.69) is 0 Å². The quantitative estimate of drug-likeness (QED) is 0.737. The van der Waals surface area contributed by atoms with E-state index in [9.17, 15) is 14.7 Å². The van der Waals surface area contributed by atoms with Gasteiger partial charge < -0.3 is 24.9 Å². The third-order valence-electron chi connectivity index (χ3n) is 3.65. The Morgan fingerprint density at radius 1 is 1.35 bits per heavy atom. The van der Waals surface area contributed by atoms with Gasteiger partial charge in [-0.1, -0.05) is 6.92 Å². The van der Waals surface area contributed by atoms with Gasteiger partial charge >= 0.3 is 12.0 Å². The summed E-state index contributed by atoms with van der Waals surface area (Å²) in [5, 5.41) is 18.9. The highest BCUT2D eigenvalue weighted by Crippen LogP contribution is 2.21. The van der Waals surface area contributed by atoms with E-state index >= 15 is 0 Å². The Kier molecular flexibility index (Phi) is 5.76. The number of nitrogens with zero attached hydrogens (tertiary/aromatic N) is 3. The van der Waals surface area contributed by atoms with Crippen LogP contribution < -0.4 is 0 Å². The summed E-state index contributed by atoms with van der Waals surface area (Å²) >= 11 is 0. The summed E-state index contributed by atoms with van der Waals surface area (Å²) < 4.78 is 0. The molecule has 0 aromatic carbocycles. The number of hydrogen-bond donors (Lipinski definition) is 2. The van der Waals surface area contributed by atoms with Gasteiger partial charge in [-0.25, -0.2) is 9.59 Å². The van der Waals surface area contributed by atoms with Gasteiger partial charge in [-0.05, 0) is 26.9 Å². The van der Waals surface area contributed by atoms with E-state index in [1.54, 1.807) is 11.8 Å². The maximum absolute atomic E-state index is 12.4. The number of likely N-dealkylation sites (N-methyl/N-ethyl adjacent to an activating group) is 2. The number of aliphatic hydroxyl groups excluding tert-OH is 1. The molecule has 20 heavy (non-hydrogen) atoms. The molecule has 0 saturated carbocycles. The number of carboxylic acids is 1. The summed E-state index contributed by atoms with van der Waals surface area (Å²) in [5.74, 6) is -1.01. The summed E-state index contributed by atoms with van der Waals surface area (Å²) in [6.07, 6.45) is 0.343. The van der Waals surface area contributed by atoms with Gasteiger partial charge in [-0.3, -0.25) is 0 Å². The molecular weight excluding hydrogens is 262 g/mol. The van der Waals surface area contributed by atoms with Crippen molar-refractivity contribution < 1.29 is 19.8 Å². The number of β-amino-alcohol motifs (C(OH)–C–C–N with tert-alkyl or cyclic N) is 1. The van der Waals surface area contributed by atoms with Gasteiger partial charge in [0.25, 0.3) is 0 Å².